The summed E-state index contributed by atoms with van der Waals surface area (Å²) in [5.74, 6) is 4.47. The second-order valence-electron chi connectivity index (χ2n) is 9.99. The molecule has 2 amide bonds. The Balaban J connectivity index is 1.13. The Morgan fingerprint density at radius 3 is 2.13 bits per heavy atom. The summed E-state index contributed by atoms with van der Waals surface area (Å²) in [4.78, 5) is 27.8. The van der Waals surface area contributed by atoms with Crippen LogP contribution in [0.5, 0.6) is 5.75 Å². The number of ether oxygens (including phenoxy) is 1. The van der Waals surface area contributed by atoms with Gasteiger partial charge in [0.1, 0.15) is 5.75 Å². The molecule has 0 atom stereocenters. The Hall–Kier alpha value is -2.04. The number of likely N-dealkylation sites (tertiary alicyclic amines) is 1. The van der Waals surface area contributed by atoms with Gasteiger partial charge in [0.15, 0.2) is 0 Å². The van der Waals surface area contributed by atoms with Crippen molar-refractivity contribution in [2.45, 2.75) is 57.9 Å². The molecule has 30 heavy (non-hydrogen) atoms. The van der Waals surface area contributed by atoms with Gasteiger partial charge in [-0.15, -0.1) is 0 Å². The van der Waals surface area contributed by atoms with E-state index in [9.17, 15) is 9.59 Å². The van der Waals surface area contributed by atoms with Crippen molar-refractivity contribution in [3.63, 3.8) is 0 Å². The van der Waals surface area contributed by atoms with Crippen LogP contribution in [0.2, 0.25) is 0 Å². The lowest BCUT2D eigenvalue weighted by Gasteiger charge is -2.53. The number of rotatable bonds is 5. The number of amides is 2. The van der Waals surface area contributed by atoms with Crippen molar-refractivity contribution in [3.05, 3.63) is 29.8 Å². The molecule has 5 aliphatic rings. The maximum absolute atomic E-state index is 13.1. The molecule has 162 valence electrons. The Morgan fingerprint density at radius 1 is 0.967 bits per heavy atom. The van der Waals surface area contributed by atoms with E-state index in [1.807, 2.05) is 36.1 Å². The molecule has 0 unspecified atom stereocenters. The maximum atomic E-state index is 13.1. The van der Waals surface area contributed by atoms with Crippen molar-refractivity contribution in [1.29, 1.82) is 0 Å². The number of carbonyl (C=O) groups is 2. The van der Waals surface area contributed by atoms with E-state index >= 15 is 0 Å². The van der Waals surface area contributed by atoms with Gasteiger partial charge in [-0.1, -0.05) is 0 Å². The highest BCUT2D eigenvalue weighted by Gasteiger charge is 2.50. The molecule has 4 bridgehead atoms. The summed E-state index contributed by atoms with van der Waals surface area (Å²) in [6.07, 6.45) is 8.23. The zero-order valence-corrected chi connectivity index (χ0v) is 18.0. The normalized spacial score (nSPS) is 32.8. The van der Waals surface area contributed by atoms with Crippen LogP contribution in [0.1, 0.15) is 62.2 Å². The molecule has 6 rings (SSSR count). The van der Waals surface area contributed by atoms with Crippen LogP contribution >= 0.6 is 0 Å². The van der Waals surface area contributed by atoms with Gasteiger partial charge in [-0.3, -0.25) is 9.59 Å². The average molecular weight is 411 g/mol. The lowest BCUT2D eigenvalue weighted by Crippen LogP contribution is -2.54. The van der Waals surface area contributed by atoms with Crippen LogP contribution in [0.3, 0.4) is 0 Å². The minimum atomic E-state index is 0.0730. The predicted molar refractivity (Wildman–Crippen MR) is 115 cm³/mol. The fourth-order valence-electron chi connectivity index (χ4n) is 6.92. The summed E-state index contributed by atoms with van der Waals surface area (Å²) < 4.78 is 5.46. The van der Waals surface area contributed by atoms with Gasteiger partial charge in [-0.05, 0) is 99.8 Å². The third kappa shape index (κ3) is 3.83. The van der Waals surface area contributed by atoms with Gasteiger partial charge >= 0.3 is 0 Å². The van der Waals surface area contributed by atoms with E-state index < -0.39 is 0 Å². The summed E-state index contributed by atoms with van der Waals surface area (Å²) in [6, 6.07) is 7.60. The highest BCUT2D eigenvalue weighted by atomic mass is 16.5. The third-order valence-corrected chi connectivity index (χ3v) is 8.07. The monoisotopic (exact) mass is 410 g/mol. The molecule has 1 saturated heterocycles. The van der Waals surface area contributed by atoms with E-state index in [0.29, 0.717) is 43.0 Å². The van der Waals surface area contributed by atoms with E-state index in [4.69, 9.17) is 4.74 Å². The Labute approximate surface area is 179 Å². The Morgan fingerprint density at radius 2 is 1.57 bits per heavy atom. The van der Waals surface area contributed by atoms with E-state index in [1.165, 1.54) is 32.1 Å². The SMILES string of the molecule is CCOc1ccc(C(=O)N2CCC(NC(=O)C3C4CC5CC(C4)CC3C5)CC2)cc1. The summed E-state index contributed by atoms with van der Waals surface area (Å²) in [7, 11) is 0. The van der Waals surface area contributed by atoms with E-state index in [0.717, 1.165) is 30.4 Å². The summed E-state index contributed by atoms with van der Waals surface area (Å²) in [6.45, 7) is 3.98. The number of hydrogen-bond acceptors (Lipinski definition) is 3. The maximum Gasteiger partial charge on any atom is 0.253 e. The van der Waals surface area contributed by atoms with Gasteiger partial charge in [0.05, 0.1) is 6.61 Å². The summed E-state index contributed by atoms with van der Waals surface area (Å²) >= 11 is 0. The lowest BCUT2D eigenvalue weighted by atomic mass is 9.51. The van der Waals surface area contributed by atoms with Gasteiger partial charge in [-0.25, -0.2) is 0 Å². The van der Waals surface area contributed by atoms with Crippen molar-refractivity contribution in [2.75, 3.05) is 19.7 Å². The first-order chi connectivity index (χ1) is 14.6. The molecule has 5 heteroatoms. The van der Waals surface area contributed by atoms with Crippen LogP contribution in [0.25, 0.3) is 0 Å². The molecule has 5 fully saturated rings. The molecule has 0 radical (unpaired) electrons. The first-order valence-electron chi connectivity index (χ1n) is 11.9. The summed E-state index contributed by atoms with van der Waals surface area (Å²) in [5.41, 5.74) is 0.703. The van der Waals surface area contributed by atoms with Gasteiger partial charge in [-0.2, -0.15) is 0 Å². The molecule has 1 aliphatic heterocycles. The molecule has 1 aromatic rings. The largest absolute Gasteiger partial charge is 0.494 e. The van der Waals surface area contributed by atoms with Crippen LogP contribution in [-0.4, -0.2) is 42.5 Å². The van der Waals surface area contributed by atoms with Gasteiger partial charge in [0.25, 0.3) is 5.91 Å². The molecular formula is C25H34N2O3. The van der Waals surface area contributed by atoms with Crippen molar-refractivity contribution in [3.8, 4) is 5.75 Å². The van der Waals surface area contributed by atoms with E-state index in [2.05, 4.69) is 5.32 Å². The first-order valence-corrected chi connectivity index (χ1v) is 11.9. The average Bonchev–Trinajstić information content (AvgIpc) is 2.74. The highest BCUT2D eigenvalue weighted by molar-refractivity contribution is 5.94. The fraction of sp³-hybridized carbons (Fsp3) is 0.680. The number of benzene rings is 1. The standard InChI is InChI=1S/C25H34N2O3/c1-2-30-22-5-3-18(4-6-22)25(29)27-9-7-21(8-10-27)26-24(28)23-19-12-16-11-17(14-19)15-20(23)13-16/h3-6,16-17,19-21,23H,2,7-15H2,1H3,(H,26,28). The Kier molecular flexibility index (Phi) is 5.46. The minimum absolute atomic E-state index is 0.0730. The molecule has 5 nitrogen and oxygen atoms in total. The van der Waals surface area contributed by atoms with Crippen molar-refractivity contribution in [1.82, 2.24) is 10.2 Å². The predicted octanol–water partition coefficient (Wildman–Crippen LogP) is 3.88. The number of carbonyl (C=O) groups excluding carboxylic acids is 2. The highest BCUT2D eigenvalue weighted by Crippen LogP contribution is 2.56. The van der Waals surface area contributed by atoms with Crippen LogP contribution in [0, 0.1) is 29.6 Å². The second kappa shape index (κ2) is 8.24. The fourth-order valence-corrected chi connectivity index (χ4v) is 6.92. The molecule has 0 aromatic heterocycles. The van der Waals surface area contributed by atoms with Crippen LogP contribution in [-0.2, 0) is 4.79 Å². The molecule has 1 N–H and O–H groups in total. The minimum Gasteiger partial charge on any atom is -0.494 e. The van der Waals surface area contributed by atoms with Crippen LogP contribution in [0.4, 0.5) is 0 Å². The number of nitrogens with zero attached hydrogens (tertiary/aromatic N) is 1. The van der Waals surface area contributed by atoms with Crippen LogP contribution in [0.15, 0.2) is 24.3 Å². The number of piperidine rings is 1. The molecule has 1 aromatic carbocycles. The zero-order valence-electron chi connectivity index (χ0n) is 18.0. The smallest absolute Gasteiger partial charge is 0.253 e. The lowest BCUT2D eigenvalue weighted by molar-refractivity contribution is -0.139. The molecule has 4 saturated carbocycles. The van der Waals surface area contributed by atoms with Gasteiger partial charge < -0.3 is 15.0 Å². The Bertz CT molecular complexity index is 754. The van der Waals surface area contributed by atoms with Crippen molar-refractivity contribution >= 4 is 11.8 Å². The third-order valence-electron chi connectivity index (χ3n) is 8.07. The van der Waals surface area contributed by atoms with Crippen molar-refractivity contribution in [2.24, 2.45) is 29.6 Å². The molecular weight excluding hydrogens is 376 g/mol. The summed E-state index contributed by atoms with van der Waals surface area (Å²) in [5, 5.41) is 3.37. The molecule has 0 spiro atoms. The first kappa shape index (κ1) is 19.9. The van der Waals surface area contributed by atoms with Gasteiger partial charge in [0.2, 0.25) is 5.91 Å². The van der Waals surface area contributed by atoms with Crippen LogP contribution < -0.4 is 10.1 Å². The second-order valence-corrected chi connectivity index (χ2v) is 9.99. The molecule has 4 aliphatic carbocycles. The van der Waals surface area contributed by atoms with E-state index in [1.54, 1.807) is 0 Å². The zero-order chi connectivity index (χ0) is 20.7. The molecule has 1 heterocycles. The van der Waals surface area contributed by atoms with Crippen molar-refractivity contribution < 1.29 is 14.3 Å². The van der Waals surface area contributed by atoms with E-state index in [-0.39, 0.29) is 17.9 Å². The van der Waals surface area contributed by atoms with Gasteiger partial charge in [0, 0.05) is 30.6 Å². The topological polar surface area (TPSA) is 58.6 Å². The number of hydrogen-bond donors (Lipinski definition) is 1. The quantitative estimate of drug-likeness (QED) is 0.801. The number of nitrogens with one attached hydrogen (secondary N) is 1.